The van der Waals surface area contributed by atoms with Crippen LogP contribution in [0.4, 0.5) is 0 Å². The smallest absolute Gasteiger partial charge is 0.279 e. The molecule has 0 spiro atoms. The molecular formula is C14H11N3O3S2. The highest BCUT2D eigenvalue weighted by Crippen LogP contribution is 2.22. The molecule has 0 saturated carbocycles. The second-order valence-corrected chi connectivity index (χ2v) is 6.09. The fourth-order valence-corrected chi connectivity index (χ4v) is 2.93. The van der Waals surface area contributed by atoms with Gasteiger partial charge in [-0.25, -0.2) is 4.98 Å². The summed E-state index contributed by atoms with van der Waals surface area (Å²) in [6.45, 7) is 0. The Morgan fingerprint density at radius 1 is 1.18 bits per heavy atom. The molecule has 0 aliphatic carbocycles. The topological polar surface area (TPSA) is 84.2 Å². The number of benzene rings is 1. The molecule has 2 aromatic heterocycles. The number of nitrogens with one attached hydrogen (secondary N) is 2. The van der Waals surface area contributed by atoms with Crippen molar-refractivity contribution < 1.29 is 14.0 Å². The number of hydrogen-bond donors (Lipinski definition) is 2. The Hall–Kier alpha value is -2.32. The minimum absolute atomic E-state index is 0.0948. The van der Waals surface area contributed by atoms with Gasteiger partial charge in [-0.1, -0.05) is 30.0 Å². The Morgan fingerprint density at radius 3 is 2.82 bits per heavy atom. The van der Waals surface area contributed by atoms with Gasteiger partial charge in [0.2, 0.25) is 5.91 Å². The number of thiophene rings is 1. The lowest BCUT2D eigenvalue weighted by Crippen LogP contribution is -2.42. The molecular weight excluding hydrogens is 322 g/mol. The third kappa shape index (κ3) is 3.46. The highest BCUT2D eigenvalue weighted by Gasteiger charge is 2.11. The van der Waals surface area contributed by atoms with Crippen LogP contribution in [0.3, 0.4) is 0 Å². The van der Waals surface area contributed by atoms with E-state index in [4.69, 9.17) is 4.42 Å². The van der Waals surface area contributed by atoms with Gasteiger partial charge in [-0.05, 0) is 23.6 Å². The fraction of sp³-hybridized carbons (Fsp3) is 0.0714. The first-order valence-electron chi connectivity index (χ1n) is 6.33. The molecule has 6 nitrogen and oxygen atoms in total. The minimum atomic E-state index is -0.338. The van der Waals surface area contributed by atoms with Crippen molar-refractivity contribution in [3.63, 3.8) is 0 Å². The molecule has 1 aromatic carbocycles. The summed E-state index contributed by atoms with van der Waals surface area (Å²) in [4.78, 5) is 28.1. The van der Waals surface area contributed by atoms with E-state index in [9.17, 15) is 9.59 Å². The first-order valence-corrected chi connectivity index (χ1v) is 8.20. The van der Waals surface area contributed by atoms with Gasteiger partial charge in [-0.15, -0.1) is 11.3 Å². The predicted molar refractivity (Wildman–Crippen MR) is 84.7 cm³/mol. The summed E-state index contributed by atoms with van der Waals surface area (Å²) in [5.74, 6) is -0.579. The van der Waals surface area contributed by atoms with Crippen molar-refractivity contribution in [1.82, 2.24) is 15.8 Å². The van der Waals surface area contributed by atoms with Crippen LogP contribution in [0.2, 0.25) is 0 Å². The second kappa shape index (κ2) is 6.63. The van der Waals surface area contributed by atoms with Crippen molar-refractivity contribution in [2.24, 2.45) is 0 Å². The lowest BCUT2D eigenvalue weighted by Gasteiger charge is -2.04. The quantitative estimate of drug-likeness (QED) is 0.566. The van der Waals surface area contributed by atoms with Gasteiger partial charge in [0, 0.05) is 0 Å². The molecule has 0 atom stereocenters. The normalized spacial score (nSPS) is 10.5. The molecule has 0 radical (unpaired) electrons. The highest BCUT2D eigenvalue weighted by atomic mass is 32.2. The standard InChI is InChI=1S/C14H11N3O3S2/c18-12(16-17-13(19)11-6-3-7-21-11)8-22-14-15-9-4-1-2-5-10(9)20-14/h1-7H,8H2,(H,16,18)(H,17,19). The van der Waals surface area contributed by atoms with Crippen LogP contribution in [-0.2, 0) is 4.79 Å². The van der Waals surface area contributed by atoms with Crippen LogP contribution in [-0.4, -0.2) is 22.6 Å². The number of fused-ring (bicyclic) bond motifs is 1. The molecule has 0 unspecified atom stereocenters. The lowest BCUT2D eigenvalue weighted by molar-refractivity contribution is -0.119. The molecule has 22 heavy (non-hydrogen) atoms. The number of rotatable bonds is 4. The molecule has 2 amide bonds. The lowest BCUT2D eigenvalue weighted by atomic mass is 10.3. The largest absolute Gasteiger partial charge is 0.431 e. The summed E-state index contributed by atoms with van der Waals surface area (Å²) in [5, 5.41) is 2.21. The van der Waals surface area contributed by atoms with Crippen molar-refractivity contribution in [3.8, 4) is 0 Å². The Balaban J connectivity index is 1.49. The number of carbonyl (C=O) groups is 2. The SMILES string of the molecule is O=C(CSc1nc2ccccc2o1)NNC(=O)c1cccs1. The van der Waals surface area contributed by atoms with Crippen LogP contribution >= 0.6 is 23.1 Å². The van der Waals surface area contributed by atoms with Gasteiger partial charge in [0.15, 0.2) is 5.58 Å². The van der Waals surface area contributed by atoms with Crippen LogP contribution < -0.4 is 10.9 Å². The average molecular weight is 333 g/mol. The van der Waals surface area contributed by atoms with Crippen molar-refractivity contribution in [2.75, 3.05) is 5.75 Å². The van der Waals surface area contributed by atoms with E-state index in [-0.39, 0.29) is 17.6 Å². The van der Waals surface area contributed by atoms with Gasteiger partial charge in [0.1, 0.15) is 5.52 Å². The molecule has 2 heterocycles. The number of nitrogens with zero attached hydrogens (tertiary/aromatic N) is 1. The number of aromatic nitrogens is 1. The second-order valence-electron chi connectivity index (χ2n) is 4.22. The number of oxazole rings is 1. The molecule has 0 bridgehead atoms. The third-order valence-corrected chi connectivity index (χ3v) is 4.36. The Morgan fingerprint density at radius 2 is 2.05 bits per heavy atom. The van der Waals surface area contributed by atoms with Crippen LogP contribution in [0, 0.1) is 0 Å². The molecule has 0 aliphatic rings. The fourth-order valence-electron chi connectivity index (χ4n) is 1.67. The van der Waals surface area contributed by atoms with E-state index in [1.807, 2.05) is 24.3 Å². The third-order valence-electron chi connectivity index (χ3n) is 2.66. The Bertz CT molecular complexity index is 766. The Labute approximate surface area is 133 Å². The summed E-state index contributed by atoms with van der Waals surface area (Å²) in [6, 6.07) is 10.8. The molecule has 2 N–H and O–H groups in total. The highest BCUT2D eigenvalue weighted by molar-refractivity contribution is 7.99. The van der Waals surface area contributed by atoms with Crippen LogP contribution in [0.5, 0.6) is 0 Å². The van der Waals surface area contributed by atoms with E-state index >= 15 is 0 Å². The minimum Gasteiger partial charge on any atom is -0.431 e. The van der Waals surface area contributed by atoms with Crippen molar-refractivity contribution >= 4 is 46.0 Å². The predicted octanol–water partition coefficient (Wildman–Crippen LogP) is 2.44. The summed E-state index contributed by atoms with van der Waals surface area (Å²) in [7, 11) is 0. The van der Waals surface area contributed by atoms with Crippen molar-refractivity contribution in [2.45, 2.75) is 5.22 Å². The zero-order valence-corrected chi connectivity index (χ0v) is 12.9. The summed E-state index contributed by atoms with van der Waals surface area (Å²) in [6.07, 6.45) is 0. The zero-order chi connectivity index (χ0) is 15.4. The van der Waals surface area contributed by atoms with E-state index in [1.54, 1.807) is 17.5 Å². The van der Waals surface area contributed by atoms with Gasteiger partial charge in [-0.3, -0.25) is 20.4 Å². The number of carbonyl (C=O) groups excluding carboxylic acids is 2. The zero-order valence-electron chi connectivity index (χ0n) is 11.2. The van der Waals surface area contributed by atoms with E-state index in [0.717, 1.165) is 17.3 Å². The number of hydrogen-bond acceptors (Lipinski definition) is 6. The maximum absolute atomic E-state index is 11.7. The maximum atomic E-state index is 11.7. The van der Waals surface area contributed by atoms with E-state index in [1.165, 1.54) is 11.3 Å². The molecule has 0 aliphatic heterocycles. The van der Waals surface area contributed by atoms with Gasteiger partial charge in [-0.2, -0.15) is 0 Å². The van der Waals surface area contributed by atoms with E-state index < -0.39 is 0 Å². The van der Waals surface area contributed by atoms with Gasteiger partial charge < -0.3 is 4.42 Å². The van der Waals surface area contributed by atoms with Gasteiger partial charge >= 0.3 is 0 Å². The molecule has 0 fully saturated rings. The number of hydrazine groups is 1. The van der Waals surface area contributed by atoms with Crippen molar-refractivity contribution in [3.05, 3.63) is 46.7 Å². The molecule has 112 valence electrons. The Kier molecular flexibility index (Phi) is 4.40. The number of thioether (sulfide) groups is 1. The number of amides is 2. The van der Waals surface area contributed by atoms with Crippen LogP contribution in [0.25, 0.3) is 11.1 Å². The number of para-hydroxylation sites is 2. The maximum Gasteiger partial charge on any atom is 0.279 e. The van der Waals surface area contributed by atoms with E-state index in [0.29, 0.717) is 15.7 Å². The summed E-state index contributed by atoms with van der Waals surface area (Å²) in [5.41, 5.74) is 6.13. The van der Waals surface area contributed by atoms with Crippen molar-refractivity contribution in [1.29, 1.82) is 0 Å². The summed E-state index contributed by atoms with van der Waals surface area (Å²) >= 11 is 2.47. The molecule has 0 saturated heterocycles. The monoisotopic (exact) mass is 333 g/mol. The van der Waals surface area contributed by atoms with Crippen LogP contribution in [0.1, 0.15) is 9.67 Å². The first-order chi connectivity index (χ1) is 10.7. The molecule has 3 aromatic rings. The van der Waals surface area contributed by atoms with Gasteiger partial charge in [0.25, 0.3) is 11.1 Å². The average Bonchev–Trinajstić information content (AvgIpc) is 3.19. The van der Waals surface area contributed by atoms with Crippen LogP contribution in [0.15, 0.2) is 51.4 Å². The molecule has 8 heteroatoms. The molecule has 3 rings (SSSR count). The van der Waals surface area contributed by atoms with E-state index in [2.05, 4.69) is 15.8 Å². The first kappa shape index (κ1) is 14.6. The summed E-state index contributed by atoms with van der Waals surface area (Å²) < 4.78 is 5.49. The van der Waals surface area contributed by atoms with Gasteiger partial charge in [0.05, 0.1) is 10.6 Å².